The van der Waals surface area contributed by atoms with Gasteiger partial charge in [0.05, 0.1) is 18.9 Å². The molecule has 2 aromatic heterocycles. The highest BCUT2D eigenvalue weighted by molar-refractivity contribution is 7.90. The molecule has 208 valence electrons. The van der Waals surface area contributed by atoms with E-state index in [-0.39, 0.29) is 35.7 Å². The molecule has 0 spiro atoms. The fourth-order valence-electron chi connectivity index (χ4n) is 3.86. The molecule has 10 nitrogen and oxygen atoms in total. The molecule has 3 heterocycles. The summed E-state index contributed by atoms with van der Waals surface area (Å²) in [6.45, 7) is 5.82. The van der Waals surface area contributed by atoms with E-state index in [0.717, 1.165) is 12.8 Å². The van der Waals surface area contributed by atoms with E-state index < -0.39 is 26.8 Å². The summed E-state index contributed by atoms with van der Waals surface area (Å²) in [6.07, 6.45) is 1.55. The number of nitrogen functional groups attached to an aromatic ring is 1. The molecule has 1 amide bonds. The standard InChI is InChI=1S/C27H31FN4O6S/c1-17(2)15-37-21-13-19(12-20(28)14-21)23-7-6-22(27(30-23)38-16-18-8-10-36-11-9-18)26(33)32-39(34,35)25-5-3-4-24(29)31-25/h3-7,12-14,17-18H,8-11,15-16H2,1-2H3,(H2,29,31)(H,32,33). The molecule has 0 bridgehead atoms. The Bertz CT molecular complexity index is 1430. The van der Waals surface area contributed by atoms with E-state index in [1.807, 2.05) is 18.6 Å². The average molecular weight is 559 g/mol. The Kier molecular flexibility index (Phi) is 8.97. The molecule has 3 aromatic rings. The average Bonchev–Trinajstić information content (AvgIpc) is 2.90. The van der Waals surface area contributed by atoms with Crippen molar-refractivity contribution in [3.05, 3.63) is 59.9 Å². The maximum atomic E-state index is 14.4. The van der Waals surface area contributed by atoms with Crippen LogP contribution in [0.15, 0.2) is 53.6 Å². The Morgan fingerprint density at radius 3 is 2.62 bits per heavy atom. The Labute approximate surface area is 226 Å². The lowest BCUT2D eigenvalue weighted by Gasteiger charge is -2.22. The van der Waals surface area contributed by atoms with E-state index in [4.69, 9.17) is 19.9 Å². The fraction of sp³-hybridized carbons (Fsp3) is 0.370. The van der Waals surface area contributed by atoms with Gasteiger partial charge in [-0.2, -0.15) is 8.42 Å². The highest BCUT2D eigenvalue weighted by Gasteiger charge is 2.25. The van der Waals surface area contributed by atoms with Crippen LogP contribution in [-0.4, -0.2) is 50.7 Å². The first-order chi connectivity index (χ1) is 18.6. The zero-order valence-corrected chi connectivity index (χ0v) is 22.5. The maximum Gasteiger partial charge on any atom is 0.281 e. The molecule has 0 unspecified atom stereocenters. The smallest absolute Gasteiger partial charge is 0.281 e. The zero-order chi connectivity index (χ0) is 28.0. The number of carbonyl (C=O) groups is 1. The van der Waals surface area contributed by atoms with E-state index in [1.54, 1.807) is 6.07 Å². The molecule has 4 rings (SSSR count). The molecule has 39 heavy (non-hydrogen) atoms. The fourth-order valence-corrected chi connectivity index (χ4v) is 4.80. The van der Waals surface area contributed by atoms with E-state index in [0.29, 0.717) is 36.8 Å². The van der Waals surface area contributed by atoms with Crippen LogP contribution in [0, 0.1) is 17.7 Å². The number of anilines is 1. The number of carbonyl (C=O) groups excluding carboxylic acids is 1. The van der Waals surface area contributed by atoms with Crippen LogP contribution in [0.2, 0.25) is 0 Å². The minimum Gasteiger partial charge on any atom is -0.493 e. The van der Waals surface area contributed by atoms with Gasteiger partial charge < -0.3 is 19.9 Å². The Morgan fingerprint density at radius 1 is 1.13 bits per heavy atom. The molecule has 0 aliphatic carbocycles. The summed E-state index contributed by atoms with van der Waals surface area (Å²) in [6, 6.07) is 11.2. The second-order valence-corrected chi connectivity index (χ2v) is 11.3. The first-order valence-corrected chi connectivity index (χ1v) is 14.0. The third-order valence-electron chi connectivity index (χ3n) is 5.90. The van der Waals surface area contributed by atoms with Gasteiger partial charge in [-0.15, -0.1) is 0 Å². The van der Waals surface area contributed by atoms with Crippen LogP contribution in [0.25, 0.3) is 11.3 Å². The van der Waals surface area contributed by atoms with Gasteiger partial charge in [0.15, 0.2) is 5.03 Å². The number of pyridine rings is 2. The van der Waals surface area contributed by atoms with Crippen molar-refractivity contribution in [1.29, 1.82) is 0 Å². The van der Waals surface area contributed by atoms with Gasteiger partial charge in [-0.05, 0) is 61.1 Å². The molecular weight excluding hydrogens is 527 g/mol. The van der Waals surface area contributed by atoms with Gasteiger partial charge in [0.25, 0.3) is 15.9 Å². The minimum absolute atomic E-state index is 0.0105. The van der Waals surface area contributed by atoms with E-state index in [9.17, 15) is 17.6 Å². The quantitative estimate of drug-likeness (QED) is 0.380. The lowest BCUT2D eigenvalue weighted by molar-refractivity contribution is 0.0488. The van der Waals surface area contributed by atoms with E-state index >= 15 is 0 Å². The van der Waals surface area contributed by atoms with Crippen molar-refractivity contribution in [2.45, 2.75) is 31.7 Å². The topological polar surface area (TPSA) is 143 Å². The number of benzene rings is 1. The van der Waals surface area contributed by atoms with Gasteiger partial charge in [0.1, 0.15) is 22.9 Å². The molecule has 1 aliphatic heterocycles. The van der Waals surface area contributed by atoms with Crippen molar-refractivity contribution in [1.82, 2.24) is 14.7 Å². The normalized spacial score (nSPS) is 14.3. The number of aromatic nitrogens is 2. The summed E-state index contributed by atoms with van der Waals surface area (Å²) in [4.78, 5) is 21.4. The Balaban J connectivity index is 1.65. The number of halogens is 1. The number of rotatable bonds is 10. The van der Waals surface area contributed by atoms with Gasteiger partial charge in [-0.25, -0.2) is 19.1 Å². The van der Waals surface area contributed by atoms with Crippen LogP contribution < -0.4 is 19.9 Å². The summed E-state index contributed by atoms with van der Waals surface area (Å²) >= 11 is 0. The van der Waals surface area contributed by atoms with Crippen molar-refractivity contribution < 1.29 is 31.8 Å². The summed E-state index contributed by atoms with van der Waals surface area (Å²) in [7, 11) is -4.33. The highest BCUT2D eigenvalue weighted by Crippen LogP contribution is 2.29. The Morgan fingerprint density at radius 2 is 1.90 bits per heavy atom. The number of nitrogens with zero attached hydrogens (tertiary/aromatic N) is 2. The summed E-state index contributed by atoms with van der Waals surface area (Å²) in [5, 5.41) is -0.404. The number of sulfonamides is 1. The van der Waals surface area contributed by atoms with Crippen LogP contribution in [0.1, 0.15) is 37.0 Å². The van der Waals surface area contributed by atoms with Crippen LogP contribution in [-0.2, 0) is 14.8 Å². The number of ether oxygens (including phenoxy) is 3. The summed E-state index contributed by atoms with van der Waals surface area (Å²) < 4.78 is 59.0. The minimum atomic E-state index is -4.33. The Hall–Kier alpha value is -3.77. The predicted octanol–water partition coefficient (Wildman–Crippen LogP) is 3.82. The molecule has 12 heteroatoms. The second kappa shape index (κ2) is 12.4. The molecule has 1 aromatic carbocycles. The van der Waals surface area contributed by atoms with E-state index in [2.05, 4.69) is 9.97 Å². The van der Waals surface area contributed by atoms with Crippen molar-refractivity contribution in [2.75, 3.05) is 32.2 Å². The number of nitrogens with one attached hydrogen (secondary N) is 1. The first-order valence-electron chi connectivity index (χ1n) is 12.6. The summed E-state index contributed by atoms with van der Waals surface area (Å²) in [5.74, 6) is -0.805. The molecule has 3 N–H and O–H groups in total. The number of hydrogen-bond donors (Lipinski definition) is 2. The van der Waals surface area contributed by atoms with Gasteiger partial charge in [-0.3, -0.25) is 4.79 Å². The zero-order valence-electron chi connectivity index (χ0n) is 21.7. The predicted molar refractivity (Wildman–Crippen MR) is 142 cm³/mol. The molecule has 1 fully saturated rings. The van der Waals surface area contributed by atoms with Crippen LogP contribution in [0.4, 0.5) is 10.2 Å². The summed E-state index contributed by atoms with van der Waals surface area (Å²) in [5.41, 5.74) is 6.22. The van der Waals surface area contributed by atoms with Gasteiger partial charge >= 0.3 is 0 Å². The van der Waals surface area contributed by atoms with Crippen LogP contribution in [0.3, 0.4) is 0 Å². The van der Waals surface area contributed by atoms with Crippen LogP contribution >= 0.6 is 0 Å². The molecular formula is C27H31FN4O6S. The van der Waals surface area contributed by atoms with Gasteiger partial charge in [0.2, 0.25) is 5.88 Å². The van der Waals surface area contributed by atoms with E-state index in [1.165, 1.54) is 42.5 Å². The largest absolute Gasteiger partial charge is 0.493 e. The molecule has 0 radical (unpaired) electrons. The highest BCUT2D eigenvalue weighted by atomic mass is 32.2. The van der Waals surface area contributed by atoms with Crippen molar-refractivity contribution in [3.8, 4) is 22.9 Å². The number of hydrogen-bond acceptors (Lipinski definition) is 9. The number of amides is 1. The molecule has 0 saturated carbocycles. The van der Waals surface area contributed by atoms with Crippen molar-refractivity contribution in [3.63, 3.8) is 0 Å². The van der Waals surface area contributed by atoms with Crippen LogP contribution in [0.5, 0.6) is 11.6 Å². The van der Waals surface area contributed by atoms with Gasteiger partial charge in [-0.1, -0.05) is 19.9 Å². The SMILES string of the molecule is CC(C)COc1cc(F)cc(-c2ccc(C(=O)NS(=O)(=O)c3cccc(N)n3)c(OCC3CCOCC3)n2)c1. The second-order valence-electron chi connectivity index (χ2n) is 9.63. The third-order valence-corrected chi connectivity index (χ3v) is 7.13. The van der Waals surface area contributed by atoms with Gasteiger partial charge in [0, 0.05) is 24.8 Å². The lowest BCUT2D eigenvalue weighted by Crippen LogP contribution is -2.32. The maximum absolute atomic E-state index is 14.4. The molecule has 1 saturated heterocycles. The van der Waals surface area contributed by atoms with Crippen molar-refractivity contribution in [2.24, 2.45) is 11.8 Å². The third kappa shape index (κ3) is 7.64. The first kappa shape index (κ1) is 28.2. The lowest BCUT2D eigenvalue weighted by atomic mass is 10.0. The van der Waals surface area contributed by atoms with Crippen molar-refractivity contribution >= 4 is 21.7 Å². The molecule has 0 atom stereocenters. The molecule has 1 aliphatic rings. The monoisotopic (exact) mass is 558 g/mol. The number of nitrogens with two attached hydrogens (primary N) is 1.